The van der Waals surface area contributed by atoms with Crippen LogP contribution < -0.4 is 9.62 Å². The Morgan fingerprint density at radius 1 is 1.03 bits per heavy atom. The van der Waals surface area contributed by atoms with Gasteiger partial charge in [-0.15, -0.1) is 0 Å². The highest BCUT2D eigenvalue weighted by atomic mass is 35.5. The van der Waals surface area contributed by atoms with Crippen molar-refractivity contribution in [2.24, 2.45) is 5.92 Å². The van der Waals surface area contributed by atoms with Crippen LogP contribution in [0.2, 0.25) is 10.0 Å². The monoisotopic (exact) mass is 527 g/mol. The number of aryl methyl sites for hydroxylation is 1. The minimum absolute atomic E-state index is 0.0233. The molecule has 2 amide bonds. The molecule has 186 valence electrons. The van der Waals surface area contributed by atoms with E-state index in [2.05, 4.69) is 5.32 Å². The summed E-state index contributed by atoms with van der Waals surface area (Å²) in [6, 6.07) is 11.3. The van der Waals surface area contributed by atoms with Gasteiger partial charge < -0.3 is 10.2 Å². The van der Waals surface area contributed by atoms with E-state index in [1.54, 1.807) is 13.0 Å². The average molecular weight is 529 g/mol. The van der Waals surface area contributed by atoms with Gasteiger partial charge in [0, 0.05) is 13.1 Å². The van der Waals surface area contributed by atoms with Crippen LogP contribution in [0.3, 0.4) is 0 Å². The van der Waals surface area contributed by atoms with Gasteiger partial charge in [-0.3, -0.25) is 13.9 Å². The predicted molar refractivity (Wildman–Crippen MR) is 138 cm³/mol. The van der Waals surface area contributed by atoms with E-state index < -0.39 is 28.5 Å². The van der Waals surface area contributed by atoms with Crippen molar-refractivity contribution in [1.29, 1.82) is 0 Å². The Labute approximate surface area is 212 Å². The molecular weight excluding hydrogens is 497 g/mol. The van der Waals surface area contributed by atoms with Gasteiger partial charge in [0.05, 0.1) is 22.0 Å². The van der Waals surface area contributed by atoms with Crippen LogP contribution in [0.1, 0.15) is 31.9 Å². The van der Waals surface area contributed by atoms with E-state index in [-0.39, 0.29) is 34.1 Å². The van der Waals surface area contributed by atoms with Crippen LogP contribution in [0.5, 0.6) is 0 Å². The van der Waals surface area contributed by atoms with Gasteiger partial charge >= 0.3 is 0 Å². The van der Waals surface area contributed by atoms with Crippen molar-refractivity contribution in [2.75, 3.05) is 23.7 Å². The Kier molecular flexibility index (Phi) is 9.79. The van der Waals surface area contributed by atoms with Crippen molar-refractivity contribution >= 4 is 50.7 Å². The van der Waals surface area contributed by atoms with Gasteiger partial charge in [-0.05, 0) is 37.5 Å². The lowest BCUT2D eigenvalue weighted by atomic mass is 10.1. The van der Waals surface area contributed by atoms with Gasteiger partial charge in [0.15, 0.2) is 0 Å². The molecule has 1 N–H and O–H groups in total. The second-order valence-corrected chi connectivity index (χ2v) is 11.4. The molecule has 0 aliphatic carbocycles. The van der Waals surface area contributed by atoms with E-state index in [9.17, 15) is 18.0 Å². The fourth-order valence-electron chi connectivity index (χ4n) is 3.21. The maximum absolute atomic E-state index is 13.5. The summed E-state index contributed by atoms with van der Waals surface area (Å²) in [4.78, 5) is 27.7. The zero-order chi connectivity index (χ0) is 25.6. The largest absolute Gasteiger partial charge is 0.354 e. The summed E-state index contributed by atoms with van der Waals surface area (Å²) in [6.45, 7) is 7.58. The van der Waals surface area contributed by atoms with Crippen LogP contribution >= 0.6 is 23.2 Å². The molecule has 34 heavy (non-hydrogen) atoms. The quantitative estimate of drug-likeness (QED) is 0.500. The number of amides is 2. The number of carbonyl (C=O) groups is 2. The van der Waals surface area contributed by atoms with Crippen molar-refractivity contribution in [2.45, 2.75) is 40.3 Å². The van der Waals surface area contributed by atoms with Crippen LogP contribution in [0, 0.1) is 12.8 Å². The van der Waals surface area contributed by atoms with Gasteiger partial charge in [0.2, 0.25) is 21.8 Å². The SMILES string of the molecule is Cc1ccc(CN(C(=O)CN(c2cccc(Cl)c2Cl)S(C)(=O)=O)C(C)C(=O)NCC(C)C)cc1. The lowest BCUT2D eigenvalue weighted by Crippen LogP contribution is -2.51. The number of carbonyl (C=O) groups excluding carboxylic acids is 2. The normalized spacial score (nSPS) is 12.4. The van der Waals surface area contributed by atoms with E-state index >= 15 is 0 Å². The van der Waals surface area contributed by atoms with E-state index in [0.717, 1.165) is 21.7 Å². The van der Waals surface area contributed by atoms with Crippen LogP contribution in [-0.4, -0.2) is 50.5 Å². The summed E-state index contributed by atoms with van der Waals surface area (Å²) in [7, 11) is -3.89. The molecule has 0 bridgehead atoms. The van der Waals surface area contributed by atoms with Gasteiger partial charge in [-0.2, -0.15) is 0 Å². The maximum Gasteiger partial charge on any atom is 0.244 e. The molecule has 7 nitrogen and oxygen atoms in total. The second-order valence-electron chi connectivity index (χ2n) is 8.66. The van der Waals surface area contributed by atoms with Crippen LogP contribution in [-0.2, 0) is 26.2 Å². The number of sulfonamides is 1. The average Bonchev–Trinajstić information content (AvgIpc) is 2.76. The van der Waals surface area contributed by atoms with Crippen LogP contribution in [0.25, 0.3) is 0 Å². The van der Waals surface area contributed by atoms with E-state index in [1.165, 1.54) is 17.0 Å². The molecule has 0 radical (unpaired) electrons. The maximum atomic E-state index is 13.5. The smallest absolute Gasteiger partial charge is 0.244 e. The first-order valence-corrected chi connectivity index (χ1v) is 13.5. The molecule has 1 unspecified atom stereocenters. The molecule has 0 heterocycles. The van der Waals surface area contributed by atoms with Crippen molar-refractivity contribution in [3.63, 3.8) is 0 Å². The summed E-state index contributed by atoms with van der Waals surface area (Å²) in [5, 5.41) is 3.03. The van der Waals surface area contributed by atoms with Crippen molar-refractivity contribution in [3.8, 4) is 0 Å². The number of halogens is 2. The van der Waals surface area contributed by atoms with Gasteiger partial charge in [-0.1, -0.05) is 72.9 Å². The summed E-state index contributed by atoms with van der Waals surface area (Å²) in [6.07, 6.45) is 0.987. The number of nitrogens with one attached hydrogen (secondary N) is 1. The summed E-state index contributed by atoms with van der Waals surface area (Å²) >= 11 is 12.3. The highest BCUT2D eigenvalue weighted by Gasteiger charge is 2.31. The minimum Gasteiger partial charge on any atom is -0.354 e. The molecule has 0 saturated carbocycles. The Morgan fingerprint density at radius 3 is 2.21 bits per heavy atom. The third kappa shape index (κ3) is 7.61. The van der Waals surface area contributed by atoms with Crippen molar-refractivity contribution < 1.29 is 18.0 Å². The predicted octanol–water partition coefficient (Wildman–Crippen LogP) is 4.26. The number of benzene rings is 2. The van der Waals surface area contributed by atoms with E-state index in [1.807, 2.05) is 45.0 Å². The lowest BCUT2D eigenvalue weighted by Gasteiger charge is -2.32. The summed E-state index contributed by atoms with van der Waals surface area (Å²) in [5.41, 5.74) is 1.97. The number of hydrogen-bond donors (Lipinski definition) is 1. The van der Waals surface area contributed by atoms with Crippen molar-refractivity contribution in [1.82, 2.24) is 10.2 Å². The molecule has 0 aromatic heterocycles. The van der Waals surface area contributed by atoms with Crippen LogP contribution in [0.15, 0.2) is 42.5 Å². The summed E-state index contributed by atoms with van der Waals surface area (Å²) in [5.74, 6) is -0.627. The topological polar surface area (TPSA) is 86.8 Å². The lowest BCUT2D eigenvalue weighted by molar-refractivity contribution is -0.139. The molecule has 10 heteroatoms. The third-order valence-corrected chi connectivity index (χ3v) is 7.14. The molecule has 0 spiro atoms. The zero-order valence-corrected chi connectivity index (χ0v) is 22.3. The molecule has 0 aliphatic rings. The molecule has 0 aliphatic heterocycles. The highest BCUT2D eigenvalue weighted by molar-refractivity contribution is 7.92. The Bertz CT molecular complexity index is 1120. The van der Waals surface area contributed by atoms with Gasteiger partial charge in [0.25, 0.3) is 0 Å². The molecule has 0 saturated heterocycles. The Balaban J connectivity index is 2.40. The first-order chi connectivity index (χ1) is 15.8. The first-order valence-electron chi connectivity index (χ1n) is 10.9. The summed E-state index contributed by atoms with van der Waals surface area (Å²) < 4.78 is 26.1. The Morgan fingerprint density at radius 2 is 1.65 bits per heavy atom. The number of nitrogens with zero attached hydrogens (tertiary/aromatic N) is 2. The molecule has 1 atom stereocenters. The fourth-order valence-corrected chi connectivity index (χ4v) is 4.51. The minimum atomic E-state index is -3.89. The second kappa shape index (κ2) is 11.9. The van der Waals surface area contributed by atoms with Crippen molar-refractivity contribution in [3.05, 3.63) is 63.6 Å². The standard InChI is InChI=1S/C24H31Cl2N3O4S/c1-16(2)13-27-24(31)18(4)28(14-19-11-9-17(3)10-12-19)22(30)15-29(34(5,32)33)21-8-6-7-20(25)23(21)26/h6-12,16,18H,13-15H2,1-5H3,(H,27,31). The van der Waals surface area contributed by atoms with Gasteiger partial charge in [0.1, 0.15) is 12.6 Å². The van der Waals surface area contributed by atoms with E-state index in [0.29, 0.717) is 6.54 Å². The number of hydrogen-bond acceptors (Lipinski definition) is 4. The number of anilines is 1. The highest BCUT2D eigenvalue weighted by Crippen LogP contribution is 2.33. The number of rotatable bonds is 10. The van der Waals surface area contributed by atoms with Crippen LogP contribution in [0.4, 0.5) is 5.69 Å². The van der Waals surface area contributed by atoms with E-state index in [4.69, 9.17) is 23.2 Å². The molecule has 0 fully saturated rings. The first kappa shape index (κ1) is 28.0. The zero-order valence-electron chi connectivity index (χ0n) is 20.0. The molecule has 2 aromatic rings. The Hall–Kier alpha value is -2.29. The molecule has 2 aromatic carbocycles. The third-order valence-electron chi connectivity index (χ3n) is 5.20. The molecular formula is C24H31Cl2N3O4S. The molecule has 2 rings (SSSR count). The van der Waals surface area contributed by atoms with Gasteiger partial charge in [-0.25, -0.2) is 8.42 Å². The fraction of sp³-hybridized carbons (Fsp3) is 0.417.